The summed E-state index contributed by atoms with van der Waals surface area (Å²) in [5, 5.41) is 20.1. The van der Waals surface area contributed by atoms with Crippen LogP contribution in [-0.2, 0) is 0 Å². The van der Waals surface area contributed by atoms with E-state index in [-0.39, 0.29) is 0 Å². The van der Waals surface area contributed by atoms with Gasteiger partial charge in [0.25, 0.3) is 0 Å². The molecule has 0 spiro atoms. The van der Waals surface area contributed by atoms with Crippen LogP contribution in [0.2, 0.25) is 0 Å². The number of hydrogen-bond acceptors (Lipinski definition) is 3. The lowest BCUT2D eigenvalue weighted by atomic mass is 10.1. The number of aromatic nitrogens is 3. The van der Waals surface area contributed by atoms with E-state index in [2.05, 4.69) is 130 Å². The van der Waals surface area contributed by atoms with Crippen molar-refractivity contribution >= 4 is 137 Å². The molecule has 0 saturated heterocycles. The summed E-state index contributed by atoms with van der Waals surface area (Å²) in [6, 6.07) is 69.8. The van der Waals surface area contributed by atoms with Gasteiger partial charge in [0.2, 0.25) is 0 Å². The first-order chi connectivity index (χ1) is 35.5. The average Bonchev–Trinajstić information content (AvgIpc) is 4.24. The van der Waals surface area contributed by atoms with E-state index in [1.807, 2.05) is 115 Å². The van der Waals surface area contributed by atoms with Crippen molar-refractivity contribution in [2.24, 2.45) is 0 Å². The molecule has 0 unspecified atom stereocenters. The van der Waals surface area contributed by atoms with Crippen LogP contribution in [0.1, 0.15) is 5.56 Å². The van der Waals surface area contributed by atoms with Crippen LogP contribution in [0.25, 0.3) is 136 Å². The molecule has 334 valence electrons. The summed E-state index contributed by atoms with van der Waals surface area (Å²) in [6.45, 7) is 15.2. The van der Waals surface area contributed by atoms with E-state index in [9.17, 15) is 5.26 Å². The van der Waals surface area contributed by atoms with E-state index in [4.69, 9.17) is 22.0 Å². The molecule has 8 nitrogen and oxygen atoms in total. The number of benzene rings is 10. The molecule has 0 bridgehead atoms. The van der Waals surface area contributed by atoms with Crippen LogP contribution in [0.15, 0.2) is 213 Å². The molecular formula is C63H33BrN6O2. The summed E-state index contributed by atoms with van der Waals surface area (Å²) in [6.07, 6.45) is 0. The average molecular weight is 986 g/mol. The van der Waals surface area contributed by atoms with Gasteiger partial charge in [0.15, 0.2) is 11.4 Å². The van der Waals surface area contributed by atoms with Crippen molar-refractivity contribution in [2.45, 2.75) is 0 Å². The van der Waals surface area contributed by atoms with Crippen molar-refractivity contribution in [3.63, 3.8) is 0 Å². The minimum Gasteiger partial charge on any atom is -0.455 e. The van der Waals surface area contributed by atoms with E-state index >= 15 is 0 Å². The quantitative estimate of drug-likeness (QED) is 0.166. The van der Waals surface area contributed by atoms with Crippen molar-refractivity contribution < 1.29 is 8.83 Å². The number of nitrogens with zero attached hydrogens (tertiary/aromatic N) is 6. The molecule has 0 atom stereocenters. The maximum Gasteiger partial charge on any atom is 0.188 e. The van der Waals surface area contributed by atoms with Crippen LogP contribution in [0.4, 0.5) is 11.4 Å². The van der Waals surface area contributed by atoms with Crippen molar-refractivity contribution in [1.29, 1.82) is 5.26 Å². The Morgan fingerprint density at radius 1 is 0.389 bits per heavy atom. The Bertz CT molecular complexity index is 4940. The Kier molecular flexibility index (Phi) is 9.06. The van der Waals surface area contributed by atoms with Crippen LogP contribution in [-0.4, -0.2) is 13.7 Å². The van der Waals surface area contributed by atoms with E-state index in [0.717, 1.165) is 131 Å². The van der Waals surface area contributed by atoms with Gasteiger partial charge in [0, 0.05) is 75.4 Å². The van der Waals surface area contributed by atoms with Gasteiger partial charge in [0.05, 0.1) is 57.9 Å². The second kappa shape index (κ2) is 15.8. The number of hydrogen-bond donors (Lipinski definition) is 0. The Hall–Kier alpha value is -9.85. The molecule has 0 fully saturated rings. The Morgan fingerprint density at radius 2 is 0.847 bits per heavy atom. The SMILES string of the molecule is [C-]#[N+]c1ccc2c(c1)c1c3oc4ccccc4c3ccc1n2-c1cccc(-n2c3ccccc3c3cc(C#N)ccc32)c1.[C-]#[N+]c1ccc2c(c1)c1c3oc4ccccc4c3ccc1n2-c1cccc(Br)c1. The first-order valence-electron chi connectivity index (χ1n) is 23.3. The van der Waals surface area contributed by atoms with Gasteiger partial charge in [-0.15, -0.1) is 0 Å². The molecule has 5 heterocycles. The molecule has 0 aliphatic carbocycles. The molecule has 10 aromatic carbocycles. The van der Waals surface area contributed by atoms with Crippen LogP contribution in [0, 0.1) is 24.5 Å². The smallest absolute Gasteiger partial charge is 0.188 e. The molecular weight excluding hydrogens is 953 g/mol. The second-order valence-electron chi connectivity index (χ2n) is 17.9. The van der Waals surface area contributed by atoms with Crippen molar-refractivity contribution in [3.05, 3.63) is 233 Å². The van der Waals surface area contributed by atoms with E-state index < -0.39 is 0 Å². The molecule has 0 amide bonds. The second-order valence-corrected chi connectivity index (χ2v) is 18.8. The number of rotatable bonds is 3. The van der Waals surface area contributed by atoms with Crippen molar-refractivity contribution in [2.75, 3.05) is 0 Å². The van der Waals surface area contributed by atoms with Gasteiger partial charge in [-0.2, -0.15) is 5.26 Å². The van der Waals surface area contributed by atoms with Gasteiger partial charge in [-0.25, -0.2) is 9.69 Å². The first-order valence-corrected chi connectivity index (χ1v) is 24.1. The molecule has 0 aliphatic rings. The number of halogens is 1. The van der Waals surface area contributed by atoms with Crippen LogP contribution >= 0.6 is 15.9 Å². The number of furan rings is 2. The number of para-hydroxylation sites is 3. The Morgan fingerprint density at radius 3 is 1.40 bits per heavy atom. The fourth-order valence-corrected chi connectivity index (χ4v) is 11.3. The summed E-state index contributed by atoms with van der Waals surface area (Å²) in [5.74, 6) is 0. The fraction of sp³-hybridized carbons (Fsp3) is 0. The largest absolute Gasteiger partial charge is 0.455 e. The maximum absolute atomic E-state index is 9.57. The number of nitriles is 1. The third-order valence-electron chi connectivity index (χ3n) is 14.0. The maximum atomic E-state index is 9.57. The normalized spacial score (nSPS) is 11.6. The molecule has 72 heavy (non-hydrogen) atoms. The highest BCUT2D eigenvalue weighted by Gasteiger charge is 2.22. The standard InChI is InChI=1S/C38H20N4O.C25H13BrN2O/c1-40-24-14-17-34-31(20-24)37-35(18-15-29-28-10-3-5-12-36(28)43-38(29)37)42(34)26-8-6-7-25(21-26)41-32-11-4-2-9-27(32)30-19-23(22-39)13-16-33(30)41;1-27-16-9-11-21-20(14-16)24-22(28(21)17-6-4-5-15(26)13-17)12-10-19-18-7-2-3-8-23(18)29-25(19)24/h2-21H;2-14H. The molecule has 0 radical (unpaired) electrons. The van der Waals surface area contributed by atoms with Crippen molar-refractivity contribution in [1.82, 2.24) is 13.7 Å². The highest BCUT2D eigenvalue weighted by molar-refractivity contribution is 9.10. The van der Waals surface area contributed by atoms with Crippen LogP contribution < -0.4 is 0 Å². The Balaban J connectivity index is 0.000000144. The lowest BCUT2D eigenvalue weighted by Crippen LogP contribution is -1.98. The molecule has 0 N–H and O–H groups in total. The van der Waals surface area contributed by atoms with E-state index in [0.29, 0.717) is 16.9 Å². The van der Waals surface area contributed by atoms with Gasteiger partial charge in [-0.05, 0) is 121 Å². The summed E-state index contributed by atoms with van der Waals surface area (Å²) < 4.78 is 20.6. The van der Waals surface area contributed by atoms with Gasteiger partial charge < -0.3 is 22.5 Å². The number of fused-ring (bicyclic) bond motifs is 17. The predicted molar refractivity (Wildman–Crippen MR) is 295 cm³/mol. The highest BCUT2D eigenvalue weighted by Crippen LogP contribution is 2.44. The fourth-order valence-electron chi connectivity index (χ4n) is 11.0. The van der Waals surface area contributed by atoms with Crippen molar-refractivity contribution in [3.8, 4) is 23.1 Å². The Labute approximate surface area is 418 Å². The summed E-state index contributed by atoms with van der Waals surface area (Å²) >= 11 is 3.59. The lowest BCUT2D eigenvalue weighted by molar-refractivity contribution is 0.672. The lowest BCUT2D eigenvalue weighted by Gasteiger charge is -2.13. The minimum absolute atomic E-state index is 0.593. The molecule has 5 aromatic heterocycles. The molecule has 0 aliphatic heterocycles. The third kappa shape index (κ3) is 6.07. The monoisotopic (exact) mass is 984 g/mol. The van der Waals surface area contributed by atoms with Gasteiger partial charge in [0.1, 0.15) is 22.3 Å². The van der Waals surface area contributed by atoms with E-state index in [1.54, 1.807) is 0 Å². The topological polar surface area (TPSA) is 73.6 Å². The molecule has 0 saturated carbocycles. The summed E-state index contributed by atoms with van der Waals surface area (Å²) in [7, 11) is 0. The molecule has 15 aromatic rings. The van der Waals surface area contributed by atoms with Gasteiger partial charge in [-0.3, -0.25) is 0 Å². The first kappa shape index (κ1) is 41.2. The van der Waals surface area contributed by atoms with Gasteiger partial charge >= 0.3 is 0 Å². The molecule has 15 rings (SSSR count). The van der Waals surface area contributed by atoms with Gasteiger partial charge in [-0.1, -0.05) is 94.8 Å². The zero-order chi connectivity index (χ0) is 48.2. The predicted octanol–water partition coefficient (Wildman–Crippen LogP) is 18.2. The van der Waals surface area contributed by atoms with Crippen LogP contribution in [0.5, 0.6) is 0 Å². The highest BCUT2D eigenvalue weighted by atomic mass is 79.9. The van der Waals surface area contributed by atoms with E-state index in [1.165, 1.54) is 0 Å². The third-order valence-corrected chi connectivity index (χ3v) is 14.5. The zero-order valence-corrected chi connectivity index (χ0v) is 39.5. The minimum atomic E-state index is 0.593. The summed E-state index contributed by atoms with van der Waals surface area (Å²) in [4.78, 5) is 7.39. The van der Waals surface area contributed by atoms with Crippen LogP contribution in [0.3, 0.4) is 0 Å². The summed E-state index contributed by atoms with van der Waals surface area (Å²) in [5.41, 5.74) is 14.6. The zero-order valence-electron chi connectivity index (χ0n) is 37.9. The molecule has 9 heteroatoms.